The molecule has 17 heteroatoms. The molecule has 1 unspecified atom stereocenters. The Labute approximate surface area is 375 Å². The molecule has 0 aliphatic carbocycles. The number of ether oxygens (including phenoxy) is 2. The third-order valence-corrected chi connectivity index (χ3v) is 11.9. The molecule has 0 aromatic carbocycles. The van der Waals surface area contributed by atoms with E-state index in [1.54, 1.807) is 18.2 Å². The van der Waals surface area contributed by atoms with Crippen molar-refractivity contribution in [2.75, 3.05) is 25.6 Å². The molecule has 0 saturated carbocycles. The first-order chi connectivity index (χ1) is 29.7. The second-order valence-electron chi connectivity index (χ2n) is 15.4. The van der Waals surface area contributed by atoms with E-state index in [-0.39, 0.29) is 31.4 Å². The van der Waals surface area contributed by atoms with Crippen LogP contribution >= 0.6 is 19.6 Å². The van der Waals surface area contributed by atoms with Gasteiger partial charge in [-0.25, -0.2) is 4.57 Å². The van der Waals surface area contributed by atoms with E-state index in [9.17, 15) is 33.7 Å². The number of hydrogen-bond acceptors (Lipinski definition) is 13. The number of unbranched alkanes of at least 4 members (excludes halogenated alkanes) is 15. The predicted octanol–water partition coefficient (Wildman–Crippen LogP) is 8.71. The summed E-state index contributed by atoms with van der Waals surface area (Å²) in [6.07, 6.45) is 33.8. The Morgan fingerprint density at radius 1 is 0.677 bits per heavy atom. The normalized spacial score (nSPS) is 15.5. The van der Waals surface area contributed by atoms with Gasteiger partial charge in [0.15, 0.2) is 6.10 Å². The second kappa shape index (κ2) is 39.7. The van der Waals surface area contributed by atoms with Crippen LogP contribution in [0.2, 0.25) is 0 Å². The number of nitrogens with two attached hydrogens (primary N) is 2. The van der Waals surface area contributed by atoms with Crippen molar-refractivity contribution in [2.24, 2.45) is 11.5 Å². The summed E-state index contributed by atoms with van der Waals surface area (Å²) >= 11 is 1.15. The molecule has 0 saturated heterocycles. The molecule has 0 bridgehead atoms. The minimum Gasteiger partial charge on any atom is -0.481 e. The van der Waals surface area contributed by atoms with Gasteiger partial charge in [0.1, 0.15) is 18.7 Å². The number of aliphatic carboxylic acids is 2. The third kappa shape index (κ3) is 36.6. The van der Waals surface area contributed by atoms with Gasteiger partial charge in [0, 0.05) is 23.8 Å². The lowest BCUT2D eigenvalue weighted by Gasteiger charge is -2.23. The van der Waals surface area contributed by atoms with Crippen LogP contribution in [0.4, 0.5) is 0 Å². The molecule has 358 valence electrons. The maximum absolute atomic E-state index is 13.2. The summed E-state index contributed by atoms with van der Waals surface area (Å²) in [5.74, 6) is -4.00. The smallest absolute Gasteiger partial charge is 0.472 e. The Morgan fingerprint density at radius 3 is 1.87 bits per heavy atom. The molecular weight excluding hydrogens is 840 g/mol. The molecule has 0 heterocycles. The zero-order chi connectivity index (χ0) is 46.3. The summed E-state index contributed by atoms with van der Waals surface area (Å²) in [7, 11) is -4.88. The zero-order valence-corrected chi connectivity index (χ0v) is 39.1. The van der Waals surface area contributed by atoms with Gasteiger partial charge in [0.25, 0.3) is 0 Å². The van der Waals surface area contributed by atoms with E-state index in [4.69, 9.17) is 35.7 Å². The van der Waals surface area contributed by atoms with Crippen LogP contribution in [0.25, 0.3) is 0 Å². The number of phosphoric ester groups is 1. The topological polar surface area (TPSA) is 255 Å². The fourth-order valence-corrected chi connectivity index (χ4v) is 7.75. The molecule has 0 aromatic rings. The van der Waals surface area contributed by atoms with Gasteiger partial charge in [0.05, 0.1) is 19.3 Å². The Kier molecular flexibility index (Phi) is 37.9. The first-order valence-electron chi connectivity index (χ1n) is 22.6. The van der Waals surface area contributed by atoms with Gasteiger partial charge in [-0.2, -0.15) is 0 Å². The van der Waals surface area contributed by atoms with Crippen LogP contribution in [0.5, 0.6) is 0 Å². The van der Waals surface area contributed by atoms with Crippen molar-refractivity contribution < 1.29 is 62.5 Å². The van der Waals surface area contributed by atoms with Crippen LogP contribution in [0, 0.1) is 0 Å². The molecule has 8 N–H and O–H groups in total. The predicted molar refractivity (Wildman–Crippen MR) is 246 cm³/mol. The van der Waals surface area contributed by atoms with Crippen molar-refractivity contribution in [2.45, 2.75) is 185 Å². The highest BCUT2D eigenvalue weighted by atomic mass is 32.2. The number of carboxylic acids is 2. The molecule has 0 aliphatic rings. The van der Waals surface area contributed by atoms with Crippen molar-refractivity contribution in [1.82, 2.24) is 0 Å². The molecule has 0 radical (unpaired) electrons. The summed E-state index contributed by atoms with van der Waals surface area (Å²) in [5.41, 5.74) is 11.5. The standard InChI is InChI=1S/C45H79N2O13PS/c1-3-5-7-9-11-13-15-17-19-21-23-25-27-32-43(51)57-33-37(34-58-61(55,56)59-35-38(46)44(52)53)60-45(54)39(47)36-62-41(40(48)29-28-31-42(49)50)30-26-24-22-20-18-16-14-12-10-8-6-4-2/h12,14,18,20,22,24,26,30,37-41,48H,3-11,13,15-17,19,21,23,25,27-29,31-36,46-47H2,1-2H3,(H,49,50)(H,52,53)(H,55,56)/b14-12-,20-18-,24-22+,30-26+/t37-,38+,39+,40+,41-/m1/s1. The van der Waals surface area contributed by atoms with Crippen molar-refractivity contribution in [3.8, 4) is 0 Å². The van der Waals surface area contributed by atoms with Crippen molar-refractivity contribution in [1.29, 1.82) is 0 Å². The molecule has 0 aliphatic heterocycles. The number of carboxylic acid groups (broad SMARTS) is 2. The molecule has 15 nitrogen and oxygen atoms in total. The zero-order valence-electron chi connectivity index (χ0n) is 37.4. The number of allylic oxidation sites excluding steroid dienone is 7. The highest BCUT2D eigenvalue weighted by Crippen LogP contribution is 2.43. The molecule has 0 spiro atoms. The summed E-state index contributed by atoms with van der Waals surface area (Å²) in [6.45, 7) is 2.25. The largest absolute Gasteiger partial charge is 0.481 e. The van der Waals surface area contributed by atoms with E-state index < -0.39 is 81.1 Å². The number of esters is 2. The number of thioether (sulfide) groups is 1. The minimum absolute atomic E-state index is 0.0425. The van der Waals surface area contributed by atoms with Crippen LogP contribution in [-0.2, 0) is 42.3 Å². The van der Waals surface area contributed by atoms with Gasteiger partial charge in [-0.15, -0.1) is 11.8 Å². The molecule has 0 fully saturated rings. The number of hydrogen-bond donors (Lipinski definition) is 6. The SMILES string of the molecule is CCCCC/C=C\C\C=C/C=C/C=C/[C@@H](SC[C@H](N)C(=O)O[C@H](COC(=O)CCCCCCCCCCCCCCC)COP(=O)(O)OC[C@H](N)C(=O)O)[C@@H](O)CCCC(=O)O. The summed E-state index contributed by atoms with van der Waals surface area (Å²) < 4.78 is 32.8. The lowest BCUT2D eigenvalue weighted by Crippen LogP contribution is -2.40. The van der Waals surface area contributed by atoms with Crippen LogP contribution < -0.4 is 11.5 Å². The lowest BCUT2D eigenvalue weighted by molar-refractivity contribution is -0.161. The second-order valence-corrected chi connectivity index (χ2v) is 18.1. The highest BCUT2D eigenvalue weighted by Gasteiger charge is 2.30. The molecular formula is C45H79N2O13PS. The number of aliphatic hydroxyl groups is 1. The van der Waals surface area contributed by atoms with Gasteiger partial charge in [0.2, 0.25) is 0 Å². The van der Waals surface area contributed by atoms with Crippen molar-refractivity contribution in [3.05, 3.63) is 48.6 Å². The maximum atomic E-state index is 13.2. The van der Waals surface area contributed by atoms with E-state index >= 15 is 0 Å². The molecule has 0 rings (SSSR count). The number of carbonyl (C=O) groups excluding carboxylic acids is 2. The van der Waals surface area contributed by atoms with E-state index in [0.717, 1.165) is 50.3 Å². The first kappa shape index (κ1) is 59.2. The monoisotopic (exact) mass is 919 g/mol. The van der Waals surface area contributed by atoms with E-state index in [1.165, 1.54) is 70.6 Å². The van der Waals surface area contributed by atoms with Gasteiger partial charge in [-0.3, -0.25) is 28.2 Å². The third-order valence-electron chi connectivity index (χ3n) is 9.58. The highest BCUT2D eigenvalue weighted by molar-refractivity contribution is 8.00. The number of rotatable bonds is 42. The van der Waals surface area contributed by atoms with E-state index in [0.29, 0.717) is 6.42 Å². The quantitative estimate of drug-likeness (QED) is 0.0110. The van der Waals surface area contributed by atoms with Gasteiger partial charge < -0.3 is 41.2 Å². The van der Waals surface area contributed by atoms with Gasteiger partial charge in [-0.1, -0.05) is 152 Å². The van der Waals surface area contributed by atoms with Crippen LogP contribution in [0.15, 0.2) is 48.6 Å². The fourth-order valence-electron chi connectivity index (χ4n) is 5.84. The van der Waals surface area contributed by atoms with Crippen molar-refractivity contribution >= 4 is 43.5 Å². The van der Waals surface area contributed by atoms with E-state index in [1.807, 2.05) is 18.2 Å². The Balaban J connectivity index is 5.31. The van der Waals surface area contributed by atoms with Crippen LogP contribution in [0.3, 0.4) is 0 Å². The molecule has 6 atom stereocenters. The summed E-state index contributed by atoms with van der Waals surface area (Å²) in [5, 5.41) is 28.3. The summed E-state index contributed by atoms with van der Waals surface area (Å²) in [6, 6.07) is -2.86. The minimum atomic E-state index is -4.88. The average molecular weight is 919 g/mol. The molecule has 62 heavy (non-hydrogen) atoms. The van der Waals surface area contributed by atoms with E-state index in [2.05, 4.69) is 30.5 Å². The molecule has 0 amide bonds. The van der Waals surface area contributed by atoms with Crippen molar-refractivity contribution in [3.63, 3.8) is 0 Å². The number of phosphoric acid groups is 1. The molecule has 0 aromatic heterocycles. The number of carbonyl (C=O) groups is 4. The number of aliphatic hydroxyl groups excluding tert-OH is 1. The van der Waals surface area contributed by atoms with Gasteiger partial charge >= 0.3 is 31.7 Å². The lowest BCUT2D eigenvalue weighted by atomic mass is 10.0. The van der Waals surface area contributed by atoms with Crippen LogP contribution in [0.1, 0.15) is 155 Å². The maximum Gasteiger partial charge on any atom is 0.472 e. The average Bonchev–Trinajstić information content (AvgIpc) is 3.23. The Hall–Kier alpha value is -2.82. The Bertz CT molecular complexity index is 1360. The van der Waals surface area contributed by atoms with Gasteiger partial charge in [-0.05, 0) is 38.5 Å². The first-order valence-corrected chi connectivity index (χ1v) is 25.1. The fraction of sp³-hybridized carbons (Fsp3) is 0.733. The Morgan fingerprint density at radius 2 is 1.26 bits per heavy atom. The summed E-state index contributed by atoms with van der Waals surface area (Å²) in [4.78, 5) is 57.9. The van der Waals surface area contributed by atoms with Crippen LogP contribution in [-0.4, -0.2) is 99.2 Å².